The van der Waals surface area contributed by atoms with E-state index in [1.54, 1.807) is 0 Å². The highest BCUT2D eigenvalue weighted by atomic mass is 19.2. The highest BCUT2D eigenvalue weighted by Gasteiger charge is 2.01. The molecule has 0 fully saturated rings. The summed E-state index contributed by atoms with van der Waals surface area (Å²) in [4.78, 5) is 0. The smallest absolute Gasteiger partial charge is 0.159 e. The van der Waals surface area contributed by atoms with E-state index in [4.69, 9.17) is 4.74 Å². The van der Waals surface area contributed by atoms with Gasteiger partial charge in [-0.15, -0.1) is 0 Å². The maximum Gasteiger partial charge on any atom is 0.159 e. The van der Waals surface area contributed by atoms with Crippen LogP contribution < -0.4 is 0 Å². The molecule has 0 bridgehead atoms. The van der Waals surface area contributed by atoms with Crippen LogP contribution in [0.1, 0.15) is 12.5 Å². The normalized spacial score (nSPS) is 10.2. The SMILES string of the molecule is CCOCc1ccc(F)c(F)c1. The van der Waals surface area contributed by atoms with Crippen molar-refractivity contribution in [3.63, 3.8) is 0 Å². The molecule has 1 aromatic carbocycles. The summed E-state index contributed by atoms with van der Waals surface area (Å²) in [6.45, 7) is 2.74. The minimum Gasteiger partial charge on any atom is -0.377 e. The lowest BCUT2D eigenvalue weighted by Crippen LogP contribution is -1.93. The van der Waals surface area contributed by atoms with Crippen molar-refractivity contribution in [2.75, 3.05) is 6.61 Å². The Morgan fingerprint density at radius 2 is 2.00 bits per heavy atom. The van der Waals surface area contributed by atoms with Crippen LogP contribution in [0.2, 0.25) is 0 Å². The first-order valence-corrected chi connectivity index (χ1v) is 3.75. The zero-order valence-corrected chi connectivity index (χ0v) is 6.81. The van der Waals surface area contributed by atoms with Gasteiger partial charge in [0.15, 0.2) is 11.6 Å². The van der Waals surface area contributed by atoms with E-state index in [1.807, 2.05) is 6.92 Å². The largest absolute Gasteiger partial charge is 0.377 e. The van der Waals surface area contributed by atoms with E-state index < -0.39 is 11.6 Å². The van der Waals surface area contributed by atoms with Gasteiger partial charge in [0, 0.05) is 6.61 Å². The van der Waals surface area contributed by atoms with Gasteiger partial charge >= 0.3 is 0 Å². The average molecular weight is 172 g/mol. The minimum atomic E-state index is -0.827. The quantitative estimate of drug-likeness (QED) is 0.680. The van der Waals surface area contributed by atoms with Gasteiger partial charge in [-0.3, -0.25) is 0 Å². The van der Waals surface area contributed by atoms with Gasteiger partial charge in [0.25, 0.3) is 0 Å². The maximum absolute atomic E-state index is 12.6. The van der Waals surface area contributed by atoms with Crippen molar-refractivity contribution in [1.29, 1.82) is 0 Å². The van der Waals surface area contributed by atoms with Crippen molar-refractivity contribution in [3.05, 3.63) is 35.4 Å². The van der Waals surface area contributed by atoms with Crippen LogP contribution in [0.5, 0.6) is 0 Å². The molecule has 12 heavy (non-hydrogen) atoms. The van der Waals surface area contributed by atoms with Crippen LogP contribution in [0.25, 0.3) is 0 Å². The van der Waals surface area contributed by atoms with E-state index in [0.29, 0.717) is 18.8 Å². The molecule has 66 valence electrons. The first kappa shape index (κ1) is 9.13. The fourth-order valence-corrected chi connectivity index (χ4v) is 0.849. The van der Waals surface area contributed by atoms with Gasteiger partial charge in [-0.1, -0.05) is 6.07 Å². The van der Waals surface area contributed by atoms with E-state index in [-0.39, 0.29) is 0 Å². The third-order valence-corrected chi connectivity index (χ3v) is 1.46. The number of ether oxygens (including phenoxy) is 1. The number of hydrogen-bond donors (Lipinski definition) is 0. The minimum absolute atomic E-state index is 0.327. The van der Waals surface area contributed by atoms with Gasteiger partial charge in [-0.2, -0.15) is 0 Å². The van der Waals surface area contributed by atoms with Gasteiger partial charge in [0.2, 0.25) is 0 Å². The molecule has 0 unspecified atom stereocenters. The van der Waals surface area contributed by atoms with E-state index >= 15 is 0 Å². The number of hydrogen-bond acceptors (Lipinski definition) is 1. The Labute approximate surface area is 70.0 Å². The summed E-state index contributed by atoms with van der Waals surface area (Å²) >= 11 is 0. The zero-order valence-electron chi connectivity index (χ0n) is 6.81. The number of halogens is 2. The highest BCUT2D eigenvalue weighted by Crippen LogP contribution is 2.09. The Bertz CT molecular complexity index is 261. The van der Waals surface area contributed by atoms with E-state index in [2.05, 4.69) is 0 Å². The second-order valence-electron chi connectivity index (χ2n) is 2.39. The standard InChI is InChI=1S/C9H10F2O/c1-2-12-6-7-3-4-8(10)9(11)5-7/h3-5H,2,6H2,1H3. The molecule has 0 aliphatic rings. The molecule has 0 saturated carbocycles. The summed E-state index contributed by atoms with van der Waals surface area (Å²) in [5.41, 5.74) is 0.649. The summed E-state index contributed by atoms with van der Waals surface area (Å²) in [6, 6.07) is 3.75. The van der Waals surface area contributed by atoms with Crippen LogP contribution in [-0.4, -0.2) is 6.61 Å². The Kier molecular flexibility index (Phi) is 3.17. The Hall–Kier alpha value is -0.960. The molecule has 0 amide bonds. The van der Waals surface area contributed by atoms with Crippen LogP contribution in [0, 0.1) is 11.6 Å². The number of benzene rings is 1. The van der Waals surface area contributed by atoms with Crippen LogP contribution in [-0.2, 0) is 11.3 Å². The van der Waals surface area contributed by atoms with Crippen LogP contribution >= 0.6 is 0 Å². The summed E-state index contributed by atoms with van der Waals surface area (Å²) < 4.78 is 30.0. The number of rotatable bonds is 3. The zero-order chi connectivity index (χ0) is 8.97. The van der Waals surface area contributed by atoms with E-state index in [1.165, 1.54) is 6.07 Å². The molecule has 0 radical (unpaired) electrons. The fraction of sp³-hybridized carbons (Fsp3) is 0.333. The predicted molar refractivity (Wildman–Crippen MR) is 41.7 cm³/mol. The van der Waals surface area contributed by atoms with Crippen molar-refractivity contribution in [1.82, 2.24) is 0 Å². The highest BCUT2D eigenvalue weighted by molar-refractivity contribution is 5.16. The first-order chi connectivity index (χ1) is 5.74. The van der Waals surface area contributed by atoms with Gasteiger partial charge in [0.1, 0.15) is 0 Å². The van der Waals surface area contributed by atoms with E-state index in [9.17, 15) is 8.78 Å². The van der Waals surface area contributed by atoms with Crippen LogP contribution in [0.15, 0.2) is 18.2 Å². The molecule has 0 spiro atoms. The van der Waals surface area contributed by atoms with Crippen molar-refractivity contribution < 1.29 is 13.5 Å². The van der Waals surface area contributed by atoms with Crippen molar-refractivity contribution >= 4 is 0 Å². The predicted octanol–water partition coefficient (Wildman–Crippen LogP) is 2.50. The lowest BCUT2D eigenvalue weighted by Gasteiger charge is -2.01. The van der Waals surface area contributed by atoms with Crippen LogP contribution in [0.4, 0.5) is 8.78 Å². The van der Waals surface area contributed by atoms with Crippen molar-refractivity contribution in [2.24, 2.45) is 0 Å². The molecule has 3 heteroatoms. The van der Waals surface area contributed by atoms with Gasteiger partial charge in [0.05, 0.1) is 6.61 Å². The molecule has 0 saturated heterocycles. The lowest BCUT2D eigenvalue weighted by atomic mass is 10.2. The topological polar surface area (TPSA) is 9.23 Å². The third kappa shape index (κ3) is 2.27. The second-order valence-corrected chi connectivity index (χ2v) is 2.39. The van der Waals surface area contributed by atoms with Gasteiger partial charge < -0.3 is 4.74 Å². The molecule has 1 nitrogen and oxygen atoms in total. The molecule has 1 rings (SSSR count). The Morgan fingerprint density at radius 3 is 2.58 bits per heavy atom. The monoisotopic (exact) mass is 172 g/mol. The molecule has 0 heterocycles. The maximum atomic E-state index is 12.6. The molecule has 0 aromatic heterocycles. The Morgan fingerprint density at radius 1 is 1.25 bits per heavy atom. The molecule has 0 aliphatic heterocycles. The molecular formula is C9H10F2O. The third-order valence-electron chi connectivity index (χ3n) is 1.46. The van der Waals surface area contributed by atoms with Crippen molar-refractivity contribution in [2.45, 2.75) is 13.5 Å². The molecular weight excluding hydrogens is 162 g/mol. The molecule has 0 N–H and O–H groups in total. The molecule has 0 aliphatic carbocycles. The fourth-order valence-electron chi connectivity index (χ4n) is 0.849. The second kappa shape index (κ2) is 4.16. The van der Waals surface area contributed by atoms with Gasteiger partial charge in [-0.05, 0) is 24.6 Å². The first-order valence-electron chi connectivity index (χ1n) is 3.75. The average Bonchev–Trinajstić information content (AvgIpc) is 2.07. The lowest BCUT2D eigenvalue weighted by molar-refractivity contribution is 0.134. The summed E-state index contributed by atoms with van der Waals surface area (Å²) in [7, 11) is 0. The molecule has 0 atom stereocenters. The summed E-state index contributed by atoms with van der Waals surface area (Å²) in [6.07, 6.45) is 0. The molecule has 1 aromatic rings. The van der Waals surface area contributed by atoms with Gasteiger partial charge in [-0.25, -0.2) is 8.78 Å². The van der Waals surface area contributed by atoms with E-state index in [0.717, 1.165) is 12.1 Å². The summed E-state index contributed by atoms with van der Waals surface area (Å²) in [5, 5.41) is 0. The van der Waals surface area contributed by atoms with Crippen LogP contribution in [0.3, 0.4) is 0 Å². The summed E-state index contributed by atoms with van der Waals surface area (Å²) in [5.74, 6) is -1.65. The Balaban J connectivity index is 2.69. The van der Waals surface area contributed by atoms with Crippen molar-refractivity contribution in [3.8, 4) is 0 Å².